The highest BCUT2D eigenvalue weighted by Crippen LogP contribution is 2.06. The molecule has 1 aliphatic rings. The van der Waals surface area contributed by atoms with Gasteiger partial charge in [0.25, 0.3) is 0 Å². The molecule has 6 heteroatoms. The van der Waals surface area contributed by atoms with Crippen molar-refractivity contribution < 1.29 is 19.8 Å². The van der Waals surface area contributed by atoms with Gasteiger partial charge < -0.3 is 10.2 Å². The van der Waals surface area contributed by atoms with E-state index in [1.54, 1.807) is 0 Å². The molecule has 0 spiro atoms. The van der Waals surface area contributed by atoms with Crippen LogP contribution in [0.4, 0.5) is 0 Å². The van der Waals surface area contributed by atoms with Crippen LogP contribution in [-0.2, 0) is 9.59 Å². The average molecular weight is 216 g/mol. The first kappa shape index (κ1) is 12.1. The van der Waals surface area contributed by atoms with Crippen molar-refractivity contribution in [3.63, 3.8) is 0 Å². The lowest BCUT2D eigenvalue weighted by Crippen LogP contribution is -2.59. The first-order chi connectivity index (χ1) is 7.10. The van der Waals surface area contributed by atoms with E-state index in [2.05, 4.69) is 5.32 Å². The Kier molecular flexibility index (Phi) is 4.19. The summed E-state index contributed by atoms with van der Waals surface area (Å²) in [4.78, 5) is 24.0. The predicted octanol–water partition coefficient (Wildman–Crippen LogP) is -1.92. The Morgan fingerprint density at radius 1 is 1.60 bits per heavy atom. The molecule has 0 aromatic rings. The normalized spacial score (nSPS) is 24.5. The number of hydrogen-bond acceptors (Lipinski definition) is 5. The maximum atomic E-state index is 11.7. The molecule has 86 valence electrons. The third-order valence-corrected chi connectivity index (χ3v) is 2.38. The Hall–Kier alpha value is -0.980. The van der Waals surface area contributed by atoms with Crippen molar-refractivity contribution in [2.24, 2.45) is 0 Å². The van der Waals surface area contributed by atoms with Crippen LogP contribution in [-0.4, -0.2) is 58.8 Å². The summed E-state index contributed by atoms with van der Waals surface area (Å²) in [5, 5.41) is 20.6. The van der Waals surface area contributed by atoms with E-state index < -0.39 is 12.7 Å². The summed E-state index contributed by atoms with van der Waals surface area (Å²) in [6, 6.07) is -0.367. The number of β-amino-alcohol motifs (C(OH)–C–C–N with tert-alkyl or cyclic N) is 1. The Balaban J connectivity index is 2.66. The minimum atomic E-state index is -1.06. The minimum Gasteiger partial charge on any atom is -0.394 e. The van der Waals surface area contributed by atoms with Crippen LogP contribution in [0.15, 0.2) is 0 Å². The monoisotopic (exact) mass is 216 g/mol. The molecular formula is C9H16N2O4. The van der Waals surface area contributed by atoms with E-state index in [1.165, 1.54) is 0 Å². The number of nitrogens with one attached hydrogen (secondary N) is 1. The molecule has 15 heavy (non-hydrogen) atoms. The van der Waals surface area contributed by atoms with Gasteiger partial charge in [0, 0.05) is 0 Å². The number of aliphatic hydroxyl groups excluding tert-OH is 2. The molecule has 3 N–H and O–H groups in total. The fourth-order valence-electron chi connectivity index (χ4n) is 1.48. The smallest absolute Gasteiger partial charge is 0.246 e. The van der Waals surface area contributed by atoms with Crippen molar-refractivity contribution in [2.45, 2.75) is 25.5 Å². The molecule has 1 fully saturated rings. The van der Waals surface area contributed by atoms with E-state index in [0.717, 1.165) is 4.90 Å². The maximum Gasteiger partial charge on any atom is 0.246 e. The van der Waals surface area contributed by atoms with Crippen LogP contribution in [0.5, 0.6) is 0 Å². The highest BCUT2D eigenvalue weighted by Gasteiger charge is 2.33. The standard InChI is InChI=1S/C9H16N2O4/c1-2-7-9(15)11(4-6(13)5-12)8(14)3-10-7/h6-7,10,12-13H,2-5H2,1H3. The third kappa shape index (κ3) is 2.74. The average Bonchev–Trinajstić information content (AvgIpc) is 2.24. The number of carbonyl (C=O) groups is 2. The fraction of sp³-hybridized carbons (Fsp3) is 0.778. The van der Waals surface area contributed by atoms with Crippen molar-refractivity contribution in [3.05, 3.63) is 0 Å². The summed E-state index contributed by atoms with van der Waals surface area (Å²) in [5.74, 6) is -0.696. The van der Waals surface area contributed by atoms with Crippen molar-refractivity contribution >= 4 is 11.8 Å². The molecule has 1 aliphatic heterocycles. The van der Waals surface area contributed by atoms with Gasteiger partial charge in [-0.2, -0.15) is 0 Å². The molecule has 0 aliphatic carbocycles. The van der Waals surface area contributed by atoms with Gasteiger partial charge >= 0.3 is 0 Å². The molecule has 6 nitrogen and oxygen atoms in total. The Bertz CT molecular complexity index is 256. The van der Waals surface area contributed by atoms with E-state index in [9.17, 15) is 14.7 Å². The highest BCUT2D eigenvalue weighted by molar-refractivity contribution is 6.01. The first-order valence-electron chi connectivity index (χ1n) is 4.96. The highest BCUT2D eigenvalue weighted by atomic mass is 16.3. The second-order valence-corrected chi connectivity index (χ2v) is 3.52. The summed E-state index contributed by atoms with van der Waals surface area (Å²) >= 11 is 0. The molecule has 1 heterocycles. The summed E-state index contributed by atoms with van der Waals surface area (Å²) in [7, 11) is 0. The lowest BCUT2D eigenvalue weighted by Gasteiger charge is -2.31. The van der Waals surface area contributed by atoms with Gasteiger partial charge in [-0.15, -0.1) is 0 Å². The quantitative estimate of drug-likeness (QED) is 0.476. The van der Waals surface area contributed by atoms with Gasteiger partial charge in [-0.3, -0.25) is 19.8 Å². The number of hydrogen-bond donors (Lipinski definition) is 3. The number of nitrogens with zero attached hydrogens (tertiary/aromatic N) is 1. The van der Waals surface area contributed by atoms with Gasteiger partial charge in [-0.25, -0.2) is 0 Å². The molecule has 0 aromatic heterocycles. The Labute approximate surface area is 87.9 Å². The van der Waals surface area contributed by atoms with Crippen LogP contribution >= 0.6 is 0 Å². The van der Waals surface area contributed by atoms with Crippen molar-refractivity contribution in [1.29, 1.82) is 0 Å². The summed E-state index contributed by atoms with van der Waals surface area (Å²) in [6.07, 6.45) is -0.466. The summed E-state index contributed by atoms with van der Waals surface area (Å²) in [6.45, 7) is 1.35. The fourth-order valence-corrected chi connectivity index (χ4v) is 1.48. The van der Waals surface area contributed by atoms with E-state index in [4.69, 9.17) is 5.11 Å². The van der Waals surface area contributed by atoms with E-state index >= 15 is 0 Å². The van der Waals surface area contributed by atoms with Crippen LogP contribution < -0.4 is 5.32 Å². The number of imide groups is 1. The van der Waals surface area contributed by atoms with Gasteiger partial charge in [0.15, 0.2) is 0 Å². The molecule has 1 rings (SSSR count). The number of aliphatic hydroxyl groups is 2. The van der Waals surface area contributed by atoms with Crippen LogP contribution in [0, 0.1) is 0 Å². The lowest BCUT2D eigenvalue weighted by molar-refractivity contribution is -0.151. The van der Waals surface area contributed by atoms with Gasteiger partial charge in [-0.1, -0.05) is 6.92 Å². The zero-order valence-electron chi connectivity index (χ0n) is 8.64. The van der Waals surface area contributed by atoms with E-state index in [-0.39, 0.29) is 30.9 Å². The van der Waals surface area contributed by atoms with Gasteiger partial charge in [0.2, 0.25) is 11.8 Å². The Morgan fingerprint density at radius 2 is 2.27 bits per heavy atom. The molecule has 2 atom stereocenters. The number of carbonyl (C=O) groups excluding carboxylic acids is 2. The molecule has 0 radical (unpaired) electrons. The molecule has 0 bridgehead atoms. The van der Waals surface area contributed by atoms with Crippen molar-refractivity contribution in [1.82, 2.24) is 10.2 Å². The van der Waals surface area contributed by atoms with Gasteiger partial charge in [0.05, 0.1) is 31.8 Å². The van der Waals surface area contributed by atoms with Crippen molar-refractivity contribution in [3.8, 4) is 0 Å². The lowest BCUT2D eigenvalue weighted by atomic mass is 10.1. The minimum absolute atomic E-state index is 0.0996. The number of piperazine rings is 1. The van der Waals surface area contributed by atoms with Crippen LogP contribution in [0.25, 0.3) is 0 Å². The zero-order valence-corrected chi connectivity index (χ0v) is 8.64. The third-order valence-electron chi connectivity index (χ3n) is 2.38. The molecular weight excluding hydrogens is 200 g/mol. The molecule has 0 saturated carbocycles. The predicted molar refractivity (Wildman–Crippen MR) is 51.9 cm³/mol. The van der Waals surface area contributed by atoms with Crippen molar-refractivity contribution in [2.75, 3.05) is 19.7 Å². The zero-order chi connectivity index (χ0) is 11.4. The Morgan fingerprint density at radius 3 is 2.80 bits per heavy atom. The molecule has 2 unspecified atom stereocenters. The first-order valence-corrected chi connectivity index (χ1v) is 4.96. The molecule has 2 amide bonds. The van der Waals surface area contributed by atoms with Gasteiger partial charge in [-0.05, 0) is 6.42 Å². The largest absolute Gasteiger partial charge is 0.394 e. The number of rotatable bonds is 4. The van der Waals surface area contributed by atoms with E-state index in [1.807, 2.05) is 6.92 Å². The topological polar surface area (TPSA) is 89.9 Å². The van der Waals surface area contributed by atoms with Crippen LogP contribution in [0.3, 0.4) is 0 Å². The maximum absolute atomic E-state index is 11.7. The van der Waals surface area contributed by atoms with Crippen LogP contribution in [0.1, 0.15) is 13.3 Å². The SMILES string of the molecule is CCC1NCC(=O)N(CC(O)CO)C1=O. The van der Waals surface area contributed by atoms with Gasteiger partial charge in [0.1, 0.15) is 0 Å². The summed E-state index contributed by atoms with van der Waals surface area (Å²) in [5.41, 5.74) is 0. The van der Waals surface area contributed by atoms with E-state index in [0.29, 0.717) is 6.42 Å². The molecule has 1 saturated heterocycles. The molecule has 0 aromatic carbocycles. The summed E-state index contributed by atoms with van der Waals surface area (Å²) < 4.78 is 0. The number of amides is 2. The second kappa shape index (κ2) is 5.20. The second-order valence-electron chi connectivity index (χ2n) is 3.52. The van der Waals surface area contributed by atoms with Crippen LogP contribution in [0.2, 0.25) is 0 Å².